The number of aromatic hydroxyl groups is 1. The summed E-state index contributed by atoms with van der Waals surface area (Å²) in [6.07, 6.45) is 1.58. The van der Waals surface area contributed by atoms with E-state index < -0.39 is 5.97 Å². The summed E-state index contributed by atoms with van der Waals surface area (Å²) >= 11 is 1.30. The number of rotatable bonds is 7. The van der Waals surface area contributed by atoms with Crippen molar-refractivity contribution in [1.29, 1.82) is 0 Å². The number of phenolic OH excluding ortho intramolecular Hbond substituents is 1. The summed E-state index contributed by atoms with van der Waals surface area (Å²) < 4.78 is 9.45. The monoisotopic (exact) mass is 363 g/mol. The van der Waals surface area contributed by atoms with E-state index in [1.807, 2.05) is 0 Å². The molecule has 2 rings (SSSR count). The highest BCUT2D eigenvalue weighted by Gasteiger charge is 2.11. The van der Waals surface area contributed by atoms with Gasteiger partial charge in [-0.2, -0.15) is 5.10 Å². The first-order valence-electron chi connectivity index (χ1n) is 7.34. The number of hydrogen-bond donors (Lipinski definition) is 2. The molecule has 0 spiro atoms. The summed E-state index contributed by atoms with van der Waals surface area (Å²) in [4.78, 5) is 27.1. The van der Waals surface area contributed by atoms with Crippen LogP contribution in [0.5, 0.6) is 5.75 Å². The number of benzene rings is 1. The first kappa shape index (κ1) is 18.4. The number of methoxy groups -OCH3 is 1. The second-order valence-corrected chi connectivity index (χ2v) is 5.62. The Balaban J connectivity index is 1.98. The van der Waals surface area contributed by atoms with Gasteiger partial charge >= 0.3 is 11.9 Å². The van der Waals surface area contributed by atoms with Gasteiger partial charge in [-0.05, 0) is 30.7 Å². The van der Waals surface area contributed by atoms with Crippen LogP contribution in [-0.4, -0.2) is 42.0 Å². The largest absolute Gasteiger partial charge is 0.507 e. The molecule has 0 aliphatic heterocycles. The molecule has 8 nitrogen and oxygen atoms in total. The van der Waals surface area contributed by atoms with E-state index in [4.69, 9.17) is 4.74 Å². The zero-order valence-electron chi connectivity index (χ0n) is 13.7. The number of nitrogens with one attached hydrogen (secondary N) is 1. The SMILES string of the molecule is CCOC(=O)Cc1csc(NN=Cc2ccc(O)c(C(=O)OC)c2)n1. The van der Waals surface area contributed by atoms with E-state index in [-0.39, 0.29) is 23.7 Å². The molecule has 0 saturated heterocycles. The van der Waals surface area contributed by atoms with E-state index in [0.717, 1.165) is 0 Å². The maximum Gasteiger partial charge on any atom is 0.341 e. The fourth-order valence-electron chi connectivity index (χ4n) is 1.87. The standard InChI is InChI=1S/C16H17N3O5S/c1-3-24-14(21)7-11-9-25-16(18-11)19-17-8-10-4-5-13(20)12(6-10)15(22)23-2/h4-6,8-9,20H,3,7H2,1-2H3,(H,18,19). The number of phenols is 1. The lowest BCUT2D eigenvalue weighted by molar-refractivity contribution is -0.142. The molecule has 0 saturated carbocycles. The van der Waals surface area contributed by atoms with Crippen molar-refractivity contribution in [3.05, 3.63) is 40.4 Å². The Labute approximate surface area is 148 Å². The molecule has 1 heterocycles. The maximum atomic E-state index is 11.5. The summed E-state index contributed by atoms with van der Waals surface area (Å²) in [7, 11) is 1.24. The molecule has 0 radical (unpaired) electrons. The Bertz CT molecular complexity index is 788. The van der Waals surface area contributed by atoms with Gasteiger partial charge in [0, 0.05) is 5.38 Å². The predicted octanol–water partition coefficient (Wildman–Crippen LogP) is 2.19. The molecule has 0 bridgehead atoms. The first-order chi connectivity index (χ1) is 12.0. The van der Waals surface area contributed by atoms with Crippen LogP contribution in [0.1, 0.15) is 28.5 Å². The molecule has 0 fully saturated rings. The number of nitrogens with zero attached hydrogens (tertiary/aromatic N) is 2. The third kappa shape index (κ3) is 5.28. The Morgan fingerprint density at radius 3 is 2.96 bits per heavy atom. The van der Waals surface area contributed by atoms with Crippen molar-refractivity contribution in [2.24, 2.45) is 5.10 Å². The smallest absolute Gasteiger partial charge is 0.341 e. The van der Waals surface area contributed by atoms with E-state index in [2.05, 4.69) is 20.2 Å². The van der Waals surface area contributed by atoms with Gasteiger partial charge in [0.2, 0.25) is 5.13 Å². The van der Waals surface area contributed by atoms with Gasteiger partial charge in [0.05, 0.1) is 32.0 Å². The van der Waals surface area contributed by atoms with E-state index in [1.165, 1.54) is 36.8 Å². The molecule has 0 aliphatic carbocycles. The Hall–Kier alpha value is -2.94. The fraction of sp³-hybridized carbons (Fsp3) is 0.250. The van der Waals surface area contributed by atoms with Crippen LogP contribution >= 0.6 is 11.3 Å². The highest BCUT2D eigenvalue weighted by Crippen LogP contribution is 2.19. The molecule has 0 aliphatic rings. The van der Waals surface area contributed by atoms with Crippen LogP contribution in [0.3, 0.4) is 0 Å². The van der Waals surface area contributed by atoms with Crippen molar-refractivity contribution in [1.82, 2.24) is 4.98 Å². The minimum absolute atomic E-state index is 0.0532. The molecular weight excluding hydrogens is 346 g/mol. The van der Waals surface area contributed by atoms with Gasteiger partial charge in [-0.1, -0.05) is 0 Å². The quantitative estimate of drug-likeness (QED) is 0.441. The normalized spacial score (nSPS) is 10.6. The lowest BCUT2D eigenvalue weighted by atomic mass is 10.1. The average molecular weight is 363 g/mol. The van der Waals surface area contributed by atoms with Crippen LogP contribution in [0.25, 0.3) is 0 Å². The van der Waals surface area contributed by atoms with Crippen LogP contribution < -0.4 is 5.43 Å². The molecule has 25 heavy (non-hydrogen) atoms. The number of hydrogen-bond acceptors (Lipinski definition) is 9. The minimum atomic E-state index is -0.635. The third-order valence-electron chi connectivity index (χ3n) is 2.98. The lowest BCUT2D eigenvalue weighted by Gasteiger charge is -2.03. The Morgan fingerprint density at radius 2 is 2.24 bits per heavy atom. The molecule has 9 heteroatoms. The summed E-state index contributed by atoms with van der Waals surface area (Å²) in [6, 6.07) is 4.44. The van der Waals surface area contributed by atoms with Crippen molar-refractivity contribution in [2.75, 3.05) is 19.1 Å². The topological polar surface area (TPSA) is 110 Å². The zero-order chi connectivity index (χ0) is 18.2. The van der Waals surface area contributed by atoms with Gasteiger partial charge in [-0.3, -0.25) is 10.2 Å². The van der Waals surface area contributed by atoms with E-state index in [9.17, 15) is 14.7 Å². The van der Waals surface area contributed by atoms with Gasteiger partial charge in [-0.25, -0.2) is 9.78 Å². The van der Waals surface area contributed by atoms with Gasteiger partial charge in [0.1, 0.15) is 11.3 Å². The molecule has 0 unspecified atom stereocenters. The summed E-state index contributed by atoms with van der Waals surface area (Å²) in [6.45, 7) is 2.08. The number of ether oxygens (including phenoxy) is 2. The number of thiazole rings is 1. The van der Waals surface area contributed by atoms with Crippen molar-refractivity contribution in [3.8, 4) is 5.75 Å². The number of esters is 2. The van der Waals surface area contributed by atoms with Gasteiger partial charge in [0.25, 0.3) is 0 Å². The highest BCUT2D eigenvalue weighted by atomic mass is 32.1. The summed E-state index contributed by atoms with van der Waals surface area (Å²) in [5.74, 6) is -1.13. The van der Waals surface area contributed by atoms with Crippen LogP contribution in [0.15, 0.2) is 28.7 Å². The summed E-state index contributed by atoms with van der Waals surface area (Å²) in [5.41, 5.74) is 3.98. The first-order valence-corrected chi connectivity index (χ1v) is 8.22. The van der Waals surface area contributed by atoms with Crippen molar-refractivity contribution in [2.45, 2.75) is 13.3 Å². The second-order valence-electron chi connectivity index (χ2n) is 4.76. The van der Waals surface area contributed by atoms with Gasteiger partial charge in [-0.15, -0.1) is 11.3 Å². The van der Waals surface area contributed by atoms with Gasteiger partial charge in [0.15, 0.2) is 0 Å². The molecule has 132 valence electrons. The highest BCUT2D eigenvalue weighted by molar-refractivity contribution is 7.13. The lowest BCUT2D eigenvalue weighted by Crippen LogP contribution is -2.07. The Morgan fingerprint density at radius 1 is 1.44 bits per heavy atom. The van der Waals surface area contributed by atoms with Crippen LogP contribution in [-0.2, 0) is 20.7 Å². The molecule has 0 atom stereocenters. The van der Waals surface area contributed by atoms with Crippen molar-refractivity contribution < 1.29 is 24.2 Å². The average Bonchev–Trinajstić information content (AvgIpc) is 3.03. The minimum Gasteiger partial charge on any atom is -0.507 e. The van der Waals surface area contributed by atoms with Crippen LogP contribution in [0.2, 0.25) is 0 Å². The molecular formula is C16H17N3O5S. The van der Waals surface area contributed by atoms with E-state index >= 15 is 0 Å². The van der Waals surface area contributed by atoms with Crippen LogP contribution in [0.4, 0.5) is 5.13 Å². The van der Waals surface area contributed by atoms with Crippen molar-refractivity contribution >= 4 is 34.6 Å². The van der Waals surface area contributed by atoms with E-state index in [1.54, 1.807) is 18.4 Å². The number of carbonyl (C=O) groups is 2. The Kier molecular flexibility index (Phi) is 6.47. The molecule has 1 aromatic carbocycles. The van der Waals surface area contributed by atoms with E-state index in [0.29, 0.717) is 23.0 Å². The number of carbonyl (C=O) groups excluding carboxylic acids is 2. The third-order valence-corrected chi connectivity index (χ3v) is 3.78. The zero-order valence-corrected chi connectivity index (χ0v) is 14.5. The number of hydrazone groups is 1. The maximum absolute atomic E-state index is 11.5. The fourth-order valence-corrected chi connectivity index (χ4v) is 2.53. The number of anilines is 1. The second kappa shape index (κ2) is 8.78. The molecule has 0 amide bonds. The molecule has 2 N–H and O–H groups in total. The van der Waals surface area contributed by atoms with Crippen molar-refractivity contribution in [3.63, 3.8) is 0 Å². The van der Waals surface area contributed by atoms with Gasteiger partial charge < -0.3 is 14.6 Å². The number of aromatic nitrogens is 1. The molecule has 1 aromatic heterocycles. The predicted molar refractivity (Wildman–Crippen MR) is 93.1 cm³/mol. The summed E-state index contributed by atoms with van der Waals surface area (Å²) in [5, 5.41) is 15.9. The van der Waals surface area contributed by atoms with Crippen LogP contribution in [0, 0.1) is 0 Å². The molecule has 2 aromatic rings.